The summed E-state index contributed by atoms with van der Waals surface area (Å²) in [6, 6.07) is 6.64. The van der Waals surface area contributed by atoms with Crippen molar-refractivity contribution in [3.63, 3.8) is 0 Å². The van der Waals surface area contributed by atoms with Crippen molar-refractivity contribution in [1.29, 1.82) is 0 Å². The molecule has 168 valence electrons. The minimum atomic E-state index is -1.15. The molecule has 1 aliphatic heterocycles. The highest BCUT2D eigenvalue weighted by atomic mass is 127. The van der Waals surface area contributed by atoms with Crippen molar-refractivity contribution in [2.45, 2.75) is 51.6 Å². The third kappa shape index (κ3) is 5.80. The number of unbranched alkanes of at least 4 members (excludes halogenated alkanes) is 1. The van der Waals surface area contributed by atoms with Crippen LogP contribution in [-0.2, 0) is 6.42 Å². The van der Waals surface area contributed by atoms with Gasteiger partial charge in [-0.15, -0.1) is 0 Å². The fourth-order valence-electron chi connectivity index (χ4n) is 3.96. The molecule has 1 N–H and O–H groups in total. The molecule has 3 nitrogen and oxygen atoms in total. The normalized spacial score (nSPS) is 15.3. The quantitative estimate of drug-likeness (QED) is 0.342. The lowest BCUT2D eigenvalue weighted by atomic mass is 9.86. The third-order valence-electron chi connectivity index (χ3n) is 5.74. The Kier molecular flexibility index (Phi) is 7.68. The predicted molar refractivity (Wildman–Crippen MR) is 122 cm³/mol. The second-order valence-electron chi connectivity index (χ2n) is 8.83. The summed E-state index contributed by atoms with van der Waals surface area (Å²) in [5.41, 5.74) is -0.923. The minimum absolute atomic E-state index is 0.00120. The van der Waals surface area contributed by atoms with Crippen molar-refractivity contribution in [2.75, 3.05) is 13.1 Å². The van der Waals surface area contributed by atoms with Gasteiger partial charge < -0.3 is 10.0 Å². The zero-order valence-electron chi connectivity index (χ0n) is 17.7. The molecule has 0 radical (unpaired) electrons. The largest absolute Gasteiger partial charge is 0.386 e. The van der Waals surface area contributed by atoms with Crippen molar-refractivity contribution in [3.05, 3.63) is 68.0 Å². The van der Waals surface area contributed by atoms with E-state index in [2.05, 4.69) is 13.8 Å². The van der Waals surface area contributed by atoms with Gasteiger partial charge in [-0.1, -0.05) is 39.2 Å². The van der Waals surface area contributed by atoms with Gasteiger partial charge in [0.25, 0.3) is 5.91 Å². The summed E-state index contributed by atoms with van der Waals surface area (Å²) >= 11 is 1.96. The maximum Gasteiger partial charge on any atom is 0.254 e. The molecule has 0 atom stereocenters. The average molecular weight is 545 g/mol. The van der Waals surface area contributed by atoms with Crippen molar-refractivity contribution in [1.82, 2.24) is 4.90 Å². The van der Waals surface area contributed by atoms with Crippen LogP contribution in [0.5, 0.6) is 0 Å². The van der Waals surface area contributed by atoms with Crippen LogP contribution < -0.4 is 0 Å². The first-order valence-corrected chi connectivity index (χ1v) is 11.6. The number of halogens is 4. The van der Waals surface area contributed by atoms with E-state index in [0.717, 1.165) is 25.3 Å². The maximum absolute atomic E-state index is 14.6. The summed E-state index contributed by atoms with van der Waals surface area (Å²) in [6.45, 7) is 4.62. The van der Waals surface area contributed by atoms with Gasteiger partial charge in [0.2, 0.25) is 0 Å². The molecule has 2 aromatic rings. The molecule has 2 aromatic carbocycles. The summed E-state index contributed by atoms with van der Waals surface area (Å²) in [4.78, 5) is 14.4. The number of β-amino-alcohol motifs (C(OH)–C–C–N with tert-alkyl or cyclic N) is 1. The molecule has 0 spiro atoms. The SMILES string of the molecule is CC(C)CCCCC1(O)CN(C(=O)c2ccc(F)c(F)c2Cc2ccc(I)cc2F)C1. The molecule has 0 bridgehead atoms. The minimum Gasteiger partial charge on any atom is -0.386 e. The Labute approximate surface area is 194 Å². The average Bonchev–Trinajstić information content (AvgIpc) is 2.68. The number of amides is 1. The molecule has 0 unspecified atom stereocenters. The van der Waals surface area contributed by atoms with Crippen LogP contribution in [0.3, 0.4) is 0 Å². The summed E-state index contributed by atoms with van der Waals surface area (Å²) in [6.07, 6.45) is 3.34. The summed E-state index contributed by atoms with van der Waals surface area (Å²) < 4.78 is 43.5. The van der Waals surface area contributed by atoms with Crippen molar-refractivity contribution < 1.29 is 23.1 Å². The second kappa shape index (κ2) is 9.90. The highest BCUT2D eigenvalue weighted by molar-refractivity contribution is 14.1. The van der Waals surface area contributed by atoms with Gasteiger partial charge in [-0.3, -0.25) is 4.79 Å². The molecule has 0 aliphatic carbocycles. The Morgan fingerprint density at radius 2 is 1.84 bits per heavy atom. The van der Waals surface area contributed by atoms with E-state index in [1.54, 1.807) is 6.07 Å². The second-order valence-corrected chi connectivity index (χ2v) is 10.1. The lowest BCUT2D eigenvalue weighted by Crippen LogP contribution is -2.63. The van der Waals surface area contributed by atoms with E-state index in [1.807, 2.05) is 22.6 Å². The number of aliphatic hydroxyl groups is 1. The number of hydrogen-bond acceptors (Lipinski definition) is 2. The standard InChI is InChI=1S/C24H27F3INO2/c1-15(2)5-3-4-10-24(31)13-29(14-24)23(30)18-8-9-20(25)22(27)19(18)11-16-6-7-17(28)12-21(16)26/h6-9,12,15,31H,3-5,10-11,13-14H2,1-2H3. The van der Waals surface area contributed by atoms with Gasteiger partial charge in [0.1, 0.15) is 5.82 Å². The first-order valence-electron chi connectivity index (χ1n) is 10.5. The fourth-order valence-corrected chi connectivity index (χ4v) is 4.42. The van der Waals surface area contributed by atoms with E-state index in [4.69, 9.17) is 0 Å². The monoisotopic (exact) mass is 545 g/mol. The molecule has 1 fully saturated rings. The molecule has 0 aromatic heterocycles. The zero-order chi connectivity index (χ0) is 22.8. The van der Waals surface area contributed by atoms with Gasteiger partial charge in [-0.2, -0.15) is 0 Å². The molecule has 0 saturated carbocycles. The topological polar surface area (TPSA) is 40.5 Å². The summed E-state index contributed by atoms with van der Waals surface area (Å²) in [7, 11) is 0. The highest BCUT2D eigenvalue weighted by Crippen LogP contribution is 2.31. The lowest BCUT2D eigenvalue weighted by molar-refractivity contribution is -0.0870. The van der Waals surface area contributed by atoms with Gasteiger partial charge in [0.05, 0.1) is 18.7 Å². The number of likely N-dealkylation sites (tertiary alicyclic amines) is 1. The molecule has 3 rings (SSSR count). The van der Waals surface area contributed by atoms with Crippen LogP contribution in [0.1, 0.15) is 61.0 Å². The molecular formula is C24H27F3INO2. The van der Waals surface area contributed by atoms with Crippen LogP contribution in [0.15, 0.2) is 30.3 Å². The van der Waals surface area contributed by atoms with E-state index in [-0.39, 0.29) is 36.2 Å². The maximum atomic E-state index is 14.6. The van der Waals surface area contributed by atoms with Crippen LogP contribution in [0.2, 0.25) is 0 Å². The molecule has 7 heteroatoms. The van der Waals surface area contributed by atoms with Gasteiger partial charge in [-0.25, -0.2) is 13.2 Å². The van der Waals surface area contributed by atoms with Crippen LogP contribution in [0.4, 0.5) is 13.2 Å². The Bertz CT molecular complexity index is 958. The smallest absolute Gasteiger partial charge is 0.254 e. The number of nitrogens with zero attached hydrogens (tertiary/aromatic N) is 1. The van der Waals surface area contributed by atoms with Crippen LogP contribution in [-0.4, -0.2) is 34.6 Å². The first kappa shape index (κ1) is 24.0. The van der Waals surface area contributed by atoms with Gasteiger partial charge in [-0.05, 0) is 64.8 Å². The van der Waals surface area contributed by atoms with Gasteiger partial charge in [0, 0.05) is 21.1 Å². The van der Waals surface area contributed by atoms with Gasteiger partial charge in [0.15, 0.2) is 11.6 Å². The van der Waals surface area contributed by atoms with E-state index in [9.17, 15) is 23.1 Å². The van der Waals surface area contributed by atoms with Crippen molar-refractivity contribution >= 4 is 28.5 Å². The molecular weight excluding hydrogens is 518 g/mol. The zero-order valence-corrected chi connectivity index (χ0v) is 19.9. The van der Waals surface area contributed by atoms with Crippen molar-refractivity contribution in [2.24, 2.45) is 5.92 Å². The van der Waals surface area contributed by atoms with E-state index < -0.39 is 29.0 Å². The number of hydrogen-bond donors (Lipinski definition) is 1. The van der Waals surface area contributed by atoms with Crippen LogP contribution in [0.25, 0.3) is 0 Å². The highest BCUT2D eigenvalue weighted by Gasteiger charge is 2.43. The Hall–Kier alpha value is -1.61. The van der Waals surface area contributed by atoms with Gasteiger partial charge >= 0.3 is 0 Å². The summed E-state index contributed by atoms with van der Waals surface area (Å²) in [5, 5.41) is 10.6. The third-order valence-corrected chi connectivity index (χ3v) is 6.41. The van der Waals surface area contributed by atoms with E-state index >= 15 is 0 Å². The number of rotatable bonds is 8. The first-order chi connectivity index (χ1) is 14.6. The Morgan fingerprint density at radius 3 is 2.48 bits per heavy atom. The number of carbonyl (C=O) groups is 1. The van der Waals surface area contributed by atoms with E-state index in [0.29, 0.717) is 15.9 Å². The molecule has 31 heavy (non-hydrogen) atoms. The van der Waals surface area contributed by atoms with Crippen molar-refractivity contribution in [3.8, 4) is 0 Å². The van der Waals surface area contributed by atoms with Crippen LogP contribution >= 0.6 is 22.6 Å². The lowest BCUT2D eigenvalue weighted by Gasteiger charge is -2.47. The molecule has 1 saturated heterocycles. The molecule has 1 aliphatic rings. The Morgan fingerprint density at radius 1 is 1.13 bits per heavy atom. The van der Waals surface area contributed by atoms with Crippen LogP contribution in [0, 0.1) is 26.9 Å². The molecule has 1 heterocycles. The summed E-state index contributed by atoms with van der Waals surface area (Å²) in [5.74, 6) is -2.63. The predicted octanol–water partition coefficient (Wildman–Crippen LogP) is 5.70. The number of carbonyl (C=O) groups excluding carboxylic acids is 1. The Balaban J connectivity index is 1.73. The van der Waals surface area contributed by atoms with E-state index in [1.165, 1.54) is 23.1 Å². The fraction of sp³-hybridized carbons (Fsp3) is 0.458. The number of benzene rings is 2. The molecule has 1 amide bonds.